The normalized spacial score (nSPS) is 13.1. The predicted molar refractivity (Wildman–Crippen MR) is 65.0 cm³/mol. The lowest BCUT2D eigenvalue weighted by Crippen LogP contribution is -1.97. The van der Waals surface area contributed by atoms with Crippen molar-refractivity contribution < 1.29 is 5.11 Å². The molecule has 0 saturated heterocycles. The number of hydrogen-bond donors (Lipinski definition) is 1. The van der Waals surface area contributed by atoms with Gasteiger partial charge in [-0.15, -0.1) is 11.8 Å². The third-order valence-electron chi connectivity index (χ3n) is 2.18. The second kappa shape index (κ2) is 6.13. The molecule has 2 nitrogen and oxygen atoms in total. The van der Waals surface area contributed by atoms with Crippen LogP contribution in [0.4, 0.5) is 0 Å². The Labute approximate surface area is 96.1 Å². The van der Waals surface area contributed by atoms with Crippen LogP contribution in [0.5, 0.6) is 0 Å². The number of nitrogens with zero attached hydrogens (tertiary/aromatic N) is 1. The van der Waals surface area contributed by atoms with E-state index in [1.807, 2.05) is 12.1 Å². The third kappa shape index (κ3) is 4.22. The average molecular weight is 225 g/mol. The zero-order valence-electron chi connectivity index (χ0n) is 9.60. The maximum absolute atomic E-state index is 9.56. The molecule has 0 aromatic carbocycles. The first kappa shape index (κ1) is 12.5. The van der Waals surface area contributed by atoms with Crippen LogP contribution in [-0.2, 0) is 0 Å². The molecule has 1 rings (SSSR count). The molecule has 3 heteroatoms. The van der Waals surface area contributed by atoms with E-state index in [0.29, 0.717) is 0 Å². The van der Waals surface area contributed by atoms with Crippen molar-refractivity contribution in [2.45, 2.75) is 38.3 Å². The van der Waals surface area contributed by atoms with Crippen molar-refractivity contribution in [1.29, 1.82) is 0 Å². The first-order valence-electron chi connectivity index (χ1n) is 5.37. The van der Waals surface area contributed by atoms with Gasteiger partial charge in [0.25, 0.3) is 0 Å². The minimum Gasteiger partial charge on any atom is -0.389 e. The summed E-state index contributed by atoms with van der Waals surface area (Å²) in [5.41, 5.74) is 0.936. The van der Waals surface area contributed by atoms with Crippen molar-refractivity contribution in [3.05, 3.63) is 23.9 Å². The lowest BCUT2D eigenvalue weighted by molar-refractivity contribution is 0.195. The van der Waals surface area contributed by atoms with Gasteiger partial charge in [0, 0.05) is 11.8 Å². The van der Waals surface area contributed by atoms with Gasteiger partial charge in [0.05, 0.1) is 6.10 Å². The van der Waals surface area contributed by atoms with E-state index in [9.17, 15) is 5.11 Å². The zero-order chi connectivity index (χ0) is 11.3. The largest absolute Gasteiger partial charge is 0.389 e. The number of thioether (sulfide) groups is 1. The van der Waals surface area contributed by atoms with Crippen molar-refractivity contribution in [2.75, 3.05) is 5.75 Å². The van der Waals surface area contributed by atoms with Crippen LogP contribution in [0.3, 0.4) is 0 Å². The van der Waals surface area contributed by atoms with Gasteiger partial charge >= 0.3 is 0 Å². The zero-order valence-corrected chi connectivity index (χ0v) is 10.4. The number of aliphatic hydroxyl groups is 1. The molecule has 1 heterocycles. The summed E-state index contributed by atoms with van der Waals surface area (Å²) in [5.74, 6) is 1.78. The van der Waals surface area contributed by atoms with Gasteiger partial charge in [-0.3, -0.25) is 0 Å². The van der Waals surface area contributed by atoms with E-state index in [0.717, 1.165) is 22.3 Å². The van der Waals surface area contributed by atoms with Crippen LogP contribution >= 0.6 is 11.8 Å². The molecular formula is C12H19NOS. The number of rotatable bonds is 5. The van der Waals surface area contributed by atoms with E-state index in [2.05, 4.69) is 18.8 Å². The molecule has 0 fully saturated rings. The summed E-state index contributed by atoms with van der Waals surface area (Å²) in [6.45, 7) is 6.21. The Hall–Kier alpha value is -0.540. The van der Waals surface area contributed by atoms with Crippen LogP contribution in [0.25, 0.3) is 0 Å². The van der Waals surface area contributed by atoms with Gasteiger partial charge in [-0.05, 0) is 31.1 Å². The molecule has 0 aliphatic carbocycles. The van der Waals surface area contributed by atoms with Crippen LogP contribution in [0.1, 0.15) is 38.9 Å². The molecule has 0 spiro atoms. The average Bonchev–Trinajstić information content (AvgIpc) is 2.17. The molecule has 0 radical (unpaired) electrons. The topological polar surface area (TPSA) is 33.1 Å². The molecule has 1 aromatic rings. The fourth-order valence-electron chi connectivity index (χ4n) is 1.23. The van der Waals surface area contributed by atoms with Crippen molar-refractivity contribution in [2.24, 2.45) is 5.92 Å². The van der Waals surface area contributed by atoms with Gasteiger partial charge in [-0.2, -0.15) is 0 Å². The first-order valence-corrected chi connectivity index (χ1v) is 6.35. The highest BCUT2D eigenvalue weighted by atomic mass is 32.2. The quantitative estimate of drug-likeness (QED) is 0.781. The van der Waals surface area contributed by atoms with E-state index in [1.54, 1.807) is 24.9 Å². The standard InChI is InChI=1S/C12H19NOS/c1-9(2)6-8-15-12-11(10(3)14)5-4-7-13-12/h4-5,7,9-10,14H,6,8H2,1-3H3. The fraction of sp³-hybridized carbons (Fsp3) is 0.583. The smallest absolute Gasteiger partial charge is 0.102 e. The first-order chi connectivity index (χ1) is 7.11. The summed E-state index contributed by atoms with van der Waals surface area (Å²) in [5, 5.41) is 10.5. The summed E-state index contributed by atoms with van der Waals surface area (Å²) < 4.78 is 0. The molecule has 84 valence electrons. The summed E-state index contributed by atoms with van der Waals surface area (Å²) in [7, 11) is 0. The SMILES string of the molecule is CC(C)CCSc1ncccc1C(C)O. The maximum atomic E-state index is 9.56. The van der Waals surface area contributed by atoms with E-state index in [4.69, 9.17) is 0 Å². The van der Waals surface area contributed by atoms with Gasteiger partial charge < -0.3 is 5.11 Å². The Morgan fingerprint density at radius 3 is 2.73 bits per heavy atom. The Morgan fingerprint density at radius 1 is 1.40 bits per heavy atom. The summed E-state index contributed by atoms with van der Waals surface area (Å²) >= 11 is 1.73. The van der Waals surface area contributed by atoms with Crippen molar-refractivity contribution in [3.8, 4) is 0 Å². The Morgan fingerprint density at radius 2 is 2.13 bits per heavy atom. The second-order valence-electron chi connectivity index (χ2n) is 4.10. The van der Waals surface area contributed by atoms with E-state index in [1.165, 1.54) is 6.42 Å². The molecule has 1 atom stereocenters. The molecule has 1 unspecified atom stereocenters. The second-order valence-corrected chi connectivity index (χ2v) is 5.19. The highest BCUT2D eigenvalue weighted by molar-refractivity contribution is 7.99. The van der Waals surface area contributed by atoms with Gasteiger partial charge in [-0.25, -0.2) is 4.98 Å². The van der Waals surface area contributed by atoms with Crippen LogP contribution < -0.4 is 0 Å². The van der Waals surface area contributed by atoms with Crippen molar-refractivity contribution in [1.82, 2.24) is 4.98 Å². The Bertz CT molecular complexity index is 299. The maximum Gasteiger partial charge on any atom is 0.102 e. The minimum absolute atomic E-state index is 0.430. The Kier molecular flexibility index (Phi) is 5.12. The highest BCUT2D eigenvalue weighted by Crippen LogP contribution is 2.26. The third-order valence-corrected chi connectivity index (χ3v) is 3.24. The highest BCUT2D eigenvalue weighted by Gasteiger charge is 2.08. The molecule has 0 bridgehead atoms. The molecule has 15 heavy (non-hydrogen) atoms. The van der Waals surface area contributed by atoms with Gasteiger partial charge in [-0.1, -0.05) is 19.9 Å². The fourth-order valence-corrected chi connectivity index (χ4v) is 2.56. The molecule has 0 saturated carbocycles. The molecule has 0 amide bonds. The van der Waals surface area contributed by atoms with Crippen LogP contribution in [0.2, 0.25) is 0 Å². The number of aromatic nitrogens is 1. The molecule has 0 aliphatic heterocycles. The van der Waals surface area contributed by atoms with Crippen LogP contribution in [-0.4, -0.2) is 15.8 Å². The van der Waals surface area contributed by atoms with E-state index >= 15 is 0 Å². The number of aliphatic hydroxyl groups excluding tert-OH is 1. The van der Waals surface area contributed by atoms with Gasteiger partial charge in [0.2, 0.25) is 0 Å². The van der Waals surface area contributed by atoms with E-state index in [-0.39, 0.29) is 0 Å². The molecule has 1 N–H and O–H groups in total. The summed E-state index contributed by atoms with van der Waals surface area (Å²) in [4.78, 5) is 4.30. The molecule has 1 aromatic heterocycles. The lowest BCUT2D eigenvalue weighted by atomic mass is 10.2. The Balaban J connectivity index is 2.59. The van der Waals surface area contributed by atoms with E-state index < -0.39 is 6.10 Å². The monoisotopic (exact) mass is 225 g/mol. The molecular weight excluding hydrogens is 206 g/mol. The van der Waals surface area contributed by atoms with Crippen LogP contribution in [0.15, 0.2) is 23.4 Å². The van der Waals surface area contributed by atoms with Crippen LogP contribution in [0, 0.1) is 5.92 Å². The van der Waals surface area contributed by atoms with Gasteiger partial charge in [0.1, 0.15) is 5.03 Å². The van der Waals surface area contributed by atoms with Gasteiger partial charge in [0.15, 0.2) is 0 Å². The number of hydrogen-bond acceptors (Lipinski definition) is 3. The van der Waals surface area contributed by atoms with Crippen molar-refractivity contribution >= 4 is 11.8 Å². The minimum atomic E-state index is -0.430. The molecule has 0 aliphatic rings. The predicted octanol–water partition coefficient (Wildman–Crippen LogP) is 3.27. The van der Waals surface area contributed by atoms with Crippen molar-refractivity contribution in [3.63, 3.8) is 0 Å². The summed E-state index contributed by atoms with van der Waals surface area (Å²) in [6, 6.07) is 3.81. The summed E-state index contributed by atoms with van der Waals surface area (Å²) in [6.07, 6.45) is 2.53. The number of pyridine rings is 1. The lowest BCUT2D eigenvalue weighted by Gasteiger charge is -2.10.